The Kier molecular flexibility index (Phi) is 8.92. The average molecular weight is 432 g/mol. The summed E-state index contributed by atoms with van der Waals surface area (Å²) in [5.41, 5.74) is -0.770. The van der Waals surface area contributed by atoms with Gasteiger partial charge >= 0.3 is 5.97 Å². The third-order valence-electron chi connectivity index (χ3n) is 3.74. The van der Waals surface area contributed by atoms with Crippen LogP contribution in [-0.4, -0.2) is 68.8 Å². The van der Waals surface area contributed by atoms with Crippen molar-refractivity contribution < 1.29 is 32.3 Å². The molecule has 3 N–H and O–H groups in total. The van der Waals surface area contributed by atoms with Gasteiger partial charge in [-0.15, -0.1) is 0 Å². The SMILES string of the molecule is CNS(=O)(=O)NCC(=O)N[C@@H](CCCCN1C(=O)C=CC1=O)C(=O)OC(C)(C)C. The van der Waals surface area contributed by atoms with Crippen LogP contribution in [0.15, 0.2) is 12.2 Å². The van der Waals surface area contributed by atoms with Crippen molar-refractivity contribution in [3.05, 3.63) is 12.2 Å². The third-order valence-corrected chi connectivity index (χ3v) is 4.80. The van der Waals surface area contributed by atoms with Crippen LogP contribution in [0.5, 0.6) is 0 Å². The number of amides is 3. The van der Waals surface area contributed by atoms with Gasteiger partial charge in [0.25, 0.3) is 22.0 Å². The highest BCUT2D eigenvalue weighted by molar-refractivity contribution is 7.87. The van der Waals surface area contributed by atoms with Gasteiger partial charge in [-0.3, -0.25) is 19.3 Å². The Morgan fingerprint density at radius 2 is 1.72 bits per heavy atom. The van der Waals surface area contributed by atoms with E-state index < -0.39 is 40.3 Å². The number of carbonyl (C=O) groups excluding carboxylic acids is 4. The van der Waals surface area contributed by atoms with Crippen molar-refractivity contribution in [3.63, 3.8) is 0 Å². The van der Waals surface area contributed by atoms with Crippen LogP contribution in [-0.2, 0) is 34.1 Å². The molecule has 0 bridgehead atoms. The number of hydrogen-bond donors (Lipinski definition) is 3. The van der Waals surface area contributed by atoms with Crippen molar-refractivity contribution in [2.75, 3.05) is 20.1 Å². The Labute approximate surface area is 170 Å². The molecule has 0 spiro atoms. The molecule has 0 saturated heterocycles. The van der Waals surface area contributed by atoms with E-state index in [-0.39, 0.29) is 24.8 Å². The molecule has 1 atom stereocenters. The second-order valence-corrected chi connectivity index (χ2v) is 9.04. The summed E-state index contributed by atoms with van der Waals surface area (Å²) in [4.78, 5) is 48.6. The number of imide groups is 1. The van der Waals surface area contributed by atoms with Gasteiger partial charge in [-0.05, 0) is 40.0 Å². The molecule has 29 heavy (non-hydrogen) atoms. The first-order chi connectivity index (χ1) is 13.3. The number of nitrogens with one attached hydrogen (secondary N) is 3. The smallest absolute Gasteiger partial charge is 0.329 e. The van der Waals surface area contributed by atoms with Crippen molar-refractivity contribution >= 4 is 33.9 Å². The van der Waals surface area contributed by atoms with Crippen LogP contribution >= 0.6 is 0 Å². The van der Waals surface area contributed by atoms with Crippen LogP contribution in [0.4, 0.5) is 0 Å². The number of ether oxygens (including phenoxy) is 1. The average Bonchev–Trinajstić information content (AvgIpc) is 2.92. The zero-order valence-corrected chi connectivity index (χ0v) is 17.8. The molecule has 0 saturated carbocycles. The Balaban J connectivity index is 2.61. The minimum absolute atomic E-state index is 0.196. The summed E-state index contributed by atoms with van der Waals surface area (Å²) >= 11 is 0. The molecule has 0 aliphatic carbocycles. The topological polar surface area (TPSA) is 151 Å². The minimum Gasteiger partial charge on any atom is -0.458 e. The van der Waals surface area contributed by atoms with E-state index in [1.165, 1.54) is 19.2 Å². The van der Waals surface area contributed by atoms with Gasteiger partial charge in [-0.2, -0.15) is 13.1 Å². The molecule has 0 aromatic carbocycles. The third kappa shape index (κ3) is 9.15. The van der Waals surface area contributed by atoms with Crippen LogP contribution in [0.2, 0.25) is 0 Å². The Hall–Kier alpha value is -2.31. The molecule has 0 unspecified atom stereocenters. The van der Waals surface area contributed by atoms with E-state index in [0.29, 0.717) is 12.8 Å². The number of unbranched alkanes of at least 4 members (excludes halogenated alkanes) is 1. The van der Waals surface area contributed by atoms with Crippen LogP contribution in [0, 0.1) is 0 Å². The van der Waals surface area contributed by atoms with Crippen LogP contribution in [0.25, 0.3) is 0 Å². The molecule has 11 nitrogen and oxygen atoms in total. The molecule has 12 heteroatoms. The monoisotopic (exact) mass is 432 g/mol. The lowest BCUT2D eigenvalue weighted by Crippen LogP contribution is -2.48. The van der Waals surface area contributed by atoms with Crippen molar-refractivity contribution in [1.82, 2.24) is 19.7 Å². The molecule has 1 heterocycles. The highest BCUT2D eigenvalue weighted by Gasteiger charge is 2.27. The second kappa shape index (κ2) is 10.5. The van der Waals surface area contributed by atoms with E-state index in [2.05, 4.69) is 5.32 Å². The first-order valence-electron chi connectivity index (χ1n) is 9.08. The lowest BCUT2D eigenvalue weighted by atomic mass is 10.1. The molecule has 0 aromatic heterocycles. The summed E-state index contributed by atoms with van der Waals surface area (Å²) in [7, 11) is -2.60. The molecular formula is C17H28N4O7S. The van der Waals surface area contributed by atoms with E-state index in [1.54, 1.807) is 20.8 Å². The van der Waals surface area contributed by atoms with Crippen LogP contribution in [0.3, 0.4) is 0 Å². The summed E-state index contributed by atoms with van der Waals surface area (Å²) in [5, 5.41) is 2.45. The summed E-state index contributed by atoms with van der Waals surface area (Å²) in [6, 6.07) is -0.996. The van der Waals surface area contributed by atoms with Gasteiger partial charge in [0.05, 0.1) is 6.54 Å². The lowest BCUT2D eigenvalue weighted by Gasteiger charge is -2.25. The maximum absolute atomic E-state index is 12.4. The van der Waals surface area contributed by atoms with Gasteiger partial charge < -0.3 is 10.1 Å². The maximum atomic E-state index is 12.4. The van der Waals surface area contributed by atoms with Crippen molar-refractivity contribution in [1.29, 1.82) is 0 Å². The van der Waals surface area contributed by atoms with Gasteiger partial charge in [0, 0.05) is 25.7 Å². The standard InChI is InChI=1S/C17H28N4O7S/c1-17(2,3)28-16(25)12(20-13(22)11-19-29(26,27)18-4)7-5-6-10-21-14(23)8-9-15(21)24/h8-9,12,18-19H,5-7,10-11H2,1-4H3,(H,20,22)/t12-/m0/s1. The van der Waals surface area contributed by atoms with Gasteiger partial charge in [-0.25, -0.2) is 9.52 Å². The van der Waals surface area contributed by atoms with Crippen molar-refractivity contribution in [2.24, 2.45) is 0 Å². The highest BCUT2D eigenvalue weighted by Crippen LogP contribution is 2.13. The summed E-state index contributed by atoms with van der Waals surface area (Å²) < 4.78 is 32.0. The van der Waals surface area contributed by atoms with E-state index >= 15 is 0 Å². The quantitative estimate of drug-likeness (QED) is 0.214. The molecule has 0 fully saturated rings. The van der Waals surface area contributed by atoms with E-state index in [1.807, 2.05) is 9.44 Å². The number of rotatable bonds is 11. The zero-order chi connectivity index (χ0) is 22.2. The van der Waals surface area contributed by atoms with Gasteiger partial charge in [0.2, 0.25) is 5.91 Å². The molecule has 1 aliphatic rings. The summed E-state index contributed by atoms with van der Waals surface area (Å²) in [5.74, 6) is -2.13. The molecule has 0 aromatic rings. The van der Waals surface area contributed by atoms with E-state index in [0.717, 1.165) is 4.90 Å². The van der Waals surface area contributed by atoms with E-state index in [4.69, 9.17) is 4.74 Å². The van der Waals surface area contributed by atoms with Crippen LogP contribution in [0.1, 0.15) is 40.0 Å². The predicted octanol–water partition coefficient (Wildman–Crippen LogP) is -1.04. The highest BCUT2D eigenvalue weighted by atomic mass is 32.2. The number of nitrogens with zero attached hydrogens (tertiary/aromatic N) is 1. The fourth-order valence-corrected chi connectivity index (χ4v) is 2.84. The predicted molar refractivity (Wildman–Crippen MR) is 103 cm³/mol. The minimum atomic E-state index is -3.79. The second-order valence-electron chi connectivity index (χ2n) is 7.34. The van der Waals surface area contributed by atoms with E-state index in [9.17, 15) is 27.6 Å². The van der Waals surface area contributed by atoms with Crippen molar-refractivity contribution in [2.45, 2.75) is 51.7 Å². The van der Waals surface area contributed by atoms with Crippen LogP contribution < -0.4 is 14.8 Å². The fourth-order valence-electron chi connectivity index (χ4n) is 2.37. The molecule has 164 valence electrons. The Morgan fingerprint density at radius 3 is 2.24 bits per heavy atom. The normalized spacial score (nSPS) is 15.5. The molecule has 0 radical (unpaired) electrons. The fraction of sp³-hybridized carbons (Fsp3) is 0.647. The Morgan fingerprint density at radius 1 is 1.14 bits per heavy atom. The maximum Gasteiger partial charge on any atom is 0.329 e. The largest absolute Gasteiger partial charge is 0.458 e. The summed E-state index contributed by atoms with van der Waals surface area (Å²) in [6.45, 7) is 4.69. The first-order valence-corrected chi connectivity index (χ1v) is 10.6. The molecule has 1 rings (SSSR count). The number of hydrogen-bond acceptors (Lipinski definition) is 7. The van der Waals surface area contributed by atoms with Gasteiger partial charge in [-0.1, -0.05) is 0 Å². The molecule has 3 amide bonds. The Bertz CT molecular complexity index is 753. The lowest BCUT2D eigenvalue weighted by molar-refractivity contribution is -0.159. The zero-order valence-electron chi connectivity index (χ0n) is 17.0. The first kappa shape index (κ1) is 24.7. The number of esters is 1. The molecule has 1 aliphatic heterocycles. The molecular weight excluding hydrogens is 404 g/mol. The van der Waals surface area contributed by atoms with Crippen molar-refractivity contribution in [3.8, 4) is 0 Å². The summed E-state index contributed by atoms with van der Waals surface area (Å²) in [6.07, 6.45) is 3.43. The van der Waals surface area contributed by atoms with Gasteiger partial charge in [0.15, 0.2) is 0 Å². The van der Waals surface area contributed by atoms with Gasteiger partial charge in [0.1, 0.15) is 11.6 Å². The number of carbonyl (C=O) groups is 4.